The molecule has 1 atom stereocenters. The highest BCUT2D eigenvalue weighted by atomic mass is 35.5. The molecule has 0 aliphatic rings. The fraction of sp³-hybridized carbons (Fsp3) is 0.267. The average molecular weight is 336 g/mol. The van der Waals surface area contributed by atoms with Gasteiger partial charge in [-0.15, -0.1) is 11.3 Å². The lowest BCUT2D eigenvalue weighted by Crippen LogP contribution is -2.27. The Morgan fingerprint density at radius 3 is 2.91 bits per heavy atom. The second-order valence-electron chi connectivity index (χ2n) is 4.51. The Labute approximate surface area is 137 Å². The molecule has 0 unspecified atom stereocenters. The van der Waals surface area contributed by atoms with Crippen LogP contribution in [-0.2, 0) is 11.3 Å². The Morgan fingerprint density at radius 1 is 1.55 bits per heavy atom. The average Bonchev–Trinajstić information content (AvgIpc) is 2.86. The van der Waals surface area contributed by atoms with Crippen molar-refractivity contribution in [3.63, 3.8) is 0 Å². The van der Waals surface area contributed by atoms with Gasteiger partial charge in [0.25, 0.3) is 5.91 Å². The van der Waals surface area contributed by atoms with E-state index in [9.17, 15) is 10.1 Å². The number of benzene rings is 1. The number of nitrogens with zero attached hydrogens (tertiary/aromatic N) is 2. The Bertz CT molecular complexity index is 724. The number of thiazole rings is 1. The minimum atomic E-state index is -0.812. The first-order valence-electron chi connectivity index (χ1n) is 6.47. The maximum Gasteiger partial charge on any atom is 0.264 e. The fourth-order valence-electron chi connectivity index (χ4n) is 1.93. The number of carbonyl (C=O) groups excluding carboxylic acids is 1. The van der Waals surface area contributed by atoms with Crippen LogP contribution in [0.3, 0.4) is 0 Å². The molecule has 1 aromatic carbocycles. The number of nitriles is 1. The van der Waals surface area contributed by atoms with Gasteiger partial charge in [-0.1, -0.05) is 29.8 Å². The topological polar surface area (TPSA) is 75.0 Å². The Hall–Kier alpha value is -1.94. The maximum atomic E-state index is 12.4. The molecule has 1 N–H and O–H groups in total. The van der Waals surface area contributed by atoms with Crippen molar-refractivity contribution in [2.24, 2.45) is 0 Å². The van der Waals surface area contributed by atoms with E-state index in [0.717, 1.165) is 5.01 Å². The summed E-state index contributed by atoms with van der Waals surface area (Å²) in [4.78, 5) is 17.1. The smallest absolute Gasteiger partial charge is 0.264 e. The molecule has 114 valence electrons. The molecule has 0 aliphatic heterocycles. The summed E-state index contributed by atoms with van der Waals surface area (Å²) in [7, 11) is 1.57. The quantitative estimate of drug-likeness (QED) is 0.910. The van der Waals surface area contributed by atoms with E-state index in [4.69, 9.17) is 16.3 Å². The van der Waals surface area contributed by atoms with Crippen LogP contribution in [0.2, 0.25) is 5.02 Å². The third kappa shape index (κ3) is 3.63. The van der Waals surface area contributed by atoms with Crippen LogP contribution in [0.25, 0.3) is 0 Å². The molecule has 0 radical (unpaired) electrons. The number of aromatic nitrogens is 1. The zero-order chi connectivity index (χ0) is 16.1. The first kappa shape index (κ1) is 16.4. The molecule has 1 heterocycles. The molecular weight excluding hydrogens is 322 g/mol. The maximum absolute atomic E-state index is 12.4. The minimum absolute atomic E-state index is 0.344. The number of rotatable bonds is 5. The van der Waals surface area contributed by atoms with Crippen LogP contribution in [0.5, 0.6) is 0 Å². The van der Waals surface area contributed by atoms with Crippen LogP contribution in [-0.4, -0.2) is 18.0 Å². The SMILES string of the molecule is COCc1nc(C)c(C(=O)N[C@H](C#N)c2ccccc2Cl)s1. The van der Waals surface area contributed by atoms with Crippen LogP contribution >= 0.6 is 22.9 Å². The zero-order valence-corrected chi connectivity index (χ0v) is 13.7. The van der Waals surface area contributed by atoms with E-state index >= 15 is 0 Å². The second-order valence-corrected chi connectivity index (χ2v) is 6.00. The number of methoxy groups -OCH3 is 1. The van der Waals surface area contributed by atoms with Gasteiger partial charge in [-0.05, 0) is 13.0 Å². The van der Waals surface area contributed by atoms with Crippen molar-refractivity contribution >= 4 is 28.8 Å². The van der Waals surface area contributed by atoms with Gasteiger partial charge in [0.2, 0.25) is 0 Å². The summed E-state index contributed by atoms with van der Waals surface area (Å²) < 4.78 is 5.01. The van der Waals surface area contributed by atoms with Gasteiger partial charge >= 0.3 is 0 Å². The predicted molar refractivity (Wildman–Crippen MR) is 84.8 cm³/mol. The van der Waals surface area contributed by atoms with Gasteiger partial charge in [0.05, 0.1) is 18.4 Å². The van der Waals surface area contributed by atoms with Crippen molar-refractivity contribution in [1.29, 1.82) is 5.26 Å². The molecule has 0 saturated heterocycles. The summed E-state index contributed by atoms with van der Waals surface area (Å²) >= 11 is 7.33. The van der Waals surface area contributed by atoms with Crippen molar-refractivity contribution in [1.82, 2.24) is 10.3 Å². The molecule has 2 aromatic rings. The van der Waals surface area contributed by atoms with Crippen molar-refractivity contribution < 1.29 is 9.53 Å². The summed E-state index contributed by atoms with van der Waals surface area (Å²) in [5.41, 5.74) is 1.18. The molecule has 1 aromatic heterocycles. The number of nitrogens with one attached hydrogen (secondary N) is 1. The molecule has 5 nitrogen and oxygen atoms in total. The summed E-state index contributed by atoms with van der Waals surface area (Å²) in [5.74, 6) is -0.344. The van der Waals surface area contributed by atoms with E-state index in [1.54, 1.807) is 38.3 Å². The number of halogens is 1. The predicted octanol–water partition coefficient (Wildman–Crippen LogP) is 3.25. The standard InChI is InChI=1S/C15H14ClN3O2S/c1-9-14(22-13(18-9)8-21-2)15(20)19-12(7-17)10-5-3-4-6-11(10)16/h3-6,12H,8H2,1-2H3,(H,19,20)/t12-/m1/s1. The van der Waals surface area contributed by atoms with Gasteiger partial charge in [-0.2, -0.15) is 5.26 Å². The van der Waals surface area contributed by atoms with E-state index in [1.165, 1.54) is 11.3 Å². The minimum Gasteiger partial charge on any atom is -0.378 e. The molecule has 0 saturated carbocycles. The van der Waals surface area contributed by atoms with Gasteiger partial charge in [-0.25, -0.2) is 4.98 Å². The number of hydrogen-bond acceptors (Lipinski definition) is 5. The Kier molecular flexibility index (Phi) is 5.50. The van der Waals surface area contributed by atoms with Crippen molar-refractivity contribution in [2.45, 2.75) is 19.6 Å². The molecule has 0 aliphatic carbocycles. The van der Waals surface area contributed by atoms with E-state index in [2.05, 4.69) is 16.4 Å². The third-order valence-electron chi connectivity index (χ3n) is 2.94. The van der Waals surface area contributed by atoms with Crippen LogP contribution in [0, 0.1) is 18.3 Å². The molecule has 0 bridgehead atoms. The van der Waals surface area contributed by atoms with E-state index in [-0.39, 0.29) is 5.91 Å². The van der Waals surface area contributed by atoms with Crippen molar-refractivity contribution in [2.75, 3.05) is 7.11 Å². The van der Waals surface area contributed by atoms with Gasteiger partial charge in [-0.3, -0.25) is 4.79 Å². The summed E-state index contributed by atoms with van der Waals surface area (Å²) in [5, 5.41) is 13.1. The first-order valence-corrected chi connectivity index (χ1v) is 7.66. The summed E-state index contributed by atoms with van der Waals surface area (Å²) in [6, 6.07) is 8.18. The number of amides is 1. The molecular formula is C15H14ClN3O2S. The summed E-state index contributed by atoms with van der Waals surface area (Å²) in [6.07, 6.45) is 0. The lowest BCUT2D eigenvalue weighted by Gasteiger charge is -2.12. The van der Waals surface area contributed by atoms with Crippen LogP contribution in [0.4, 0.5) is 0 Å². The number of aryl methyl sites for hydroxylation is 1. The number of hydrogen-bond donors (Lipinski definition) is 1. The highest BCUT2D eigenvalue weighted by Gasteiger charge is 2.21. The largest absolute Gasteiger partial charge is 0.378 e. The van der Waals surface area contributed by atoms with E-state index in [0.29, 0.717) is 27.8 Å². The number of carbonyl (C=O) groups is 1. The van der Waals surface area contributed by atoms with Crippen LogP contribution in [0.15, 0.2) is 24.3 Å². The van der Waals surface area contributed by atoms with Crippen LogP contribution < -0.4 is 5.32 Å². The fourth-order valence-corrected chi connectivity index (χ4v) is 3.12. The van der Waals surface area contributed by atoms with Gasteiger partial charge < -0.3 is 10.1 Å². The Morgan fingerprint density at radius 2 is 2.27 bits per heavy atom. The third-order valence-corrected chi connectivity index (χ3v) is 4.41. The molecule has 1 amide bonds. The Balaban J connectivity index is 2.20. The molecule has 2 rings (SSSR count). The molecule has 0 fully saturated rings. The van der Waals surface area contributed by atoms with Crippen LogP contribution in [0.1, 0.15) is 32.0 Å². The van der Waals surface area contributed by atoms with Gasteiger partial charge in [0.1, 0.15) is 15.9 Å². The molecule has 22 heavy (non-hydrogen) atoms. The first-order chi connectivity index (χ1) is 10.6. The summed E-state index contributed by atoms with van der Waals surface area (Å²) in [6.45, 7) is 2.10. The molecule has 7 heteroatoms. The van der Waals surface area contributed by atoms with E-state index in [1.807, 2.05) is 0 Å². The molecule has 0 spiro atoms. The highest BCUT2D eigenvalue weighted by molar-refractivity contribution is 7.13. The van der Waals surface area contributed by atoms with E-state index < -0.39 is 6.04 Å². The normalized spacial score (nSPS) is 11.7. The van der Waals surface area contributed by atoms with Gasteiger partial charge in [0.15, 0.2) is 0 Å². The number of ether oxygens (including phenoxy) is 1. The van der Waals surface area contributed by atoms with Crippen molar-refractivity contribution in [3.05, 3.63) is 50.4 Å². The van der Waals surface area contributed by atoms with Gasteiger partial charge in [0, 0.05) is 17.7 Å². The lowest BCUT2D eigenvalue weighted by molar-refractivity contribution is 0.0948. The van der Waals surface area contributed by atoms with Crippen molar-refractivity contribution in [3.8, 4) is 6.07 Å². The lowest BCUT2D eigenvalue weighted by atomic mass is 10.1. The monoisotopic (exact) mass is 335 g/mol. The second kappa shape index (κ2) is 7.36. The zero-order valence-electron chi connectivity index (χ0n) is 12.1. The highest BCUT2D eigenvalue weighted by Crippen LogP contribution is 2.24.